The van der Waals surface area contributed by atoms with E-state index in [4.69, 9.17) is 0 Å². The molecule has 82 valence electrons. The maximum Gasteiger partial charge on any atom is 0.163 e. The number of fused-ring (bicyclic) bond motifs is 1. The number of aromatic hydroxyl groups is 1. The van der Waals surface area contributed by atoms with Crippen LogP contribution in [-0.2, 0) is 0 Å². The van der Waals surface area contributed by atoms with Gasteiger partial charge in [0.1, 0.15) is 5.75 Å². The maximum atomic E-state index is 11.9. The highest BCUT2D eigenvalue weighted by Crippen LogP contribution is 2.28. The lowest BCUT2D eigenvalue weighted by atomic mass is 9.98. The Morgan fingerprint density at radius 2 is 1.88 bits per heavy atom. The molecule has 0 aliphatic carbocycles. The summed E-state index contributed by atoms with van der Waals surface area (Å²) < 4.78 is 0. The molecule has 0 amide bonds. The van der Waals surface area contributed by atoms with Crippen LogP contribution >= 0.6 is 0 Å². The van der Waals surface area contributed by atoms with Gasteiger partial charge in [0.2, 0.25) is 0 Å². The first-order valence-corrected chi connectivity index (χ1v) is 5.48. The fraction of sp³-hybridized carbons (Fsp3) is 0.214. The molecule has 2 aromatic rings. The molecule has 0 aliphatic heterocycles. The van der Waals surface area contributed by atoms with E-state index in [0.717, 1.165) is 11.8 Å². The van der Waals surface area contributed by atoms with Crippen molar-refractivity contribution in [3.63, 3.8) is 0 Å². The van der Waals surface area contributed by atoms with Crippen LogP contribution < -0.4 is 0 Å². The Labute approximate surface area is 94.5 Å². The summed E-state index contributed by atoms with van der Waals surface area (Å²) in [5.74, 6) is 0.271. The van der Waals surface area contributed by atoms with Crippen LogP contribution in [0.3, 0.4) is 0 Å². The average molecular weight is 214 g/mol. The largest absolute Gasteiger partial charge is 0.507 e. The van der Waals surface area contributed by atoms with Crippen LogP contribution in [0, 0.1) is 0 Å². The third-order valence-corrected chi connectivity index (χ3v) is 2.66. The lowest BCUT2D eigenvalue weighted by Crippen LogP contribution is -1.99. The van der Waals surface area contributed by atoms with E-state index in [1.165, 1.54) is 0 Å². The number of carbonyl (C=O) groups is 1. The third-order valence-electron chi connectivity index (χ3n) is 2.66. The molecule has 1 N–H and O–H groups in total. The summed E-state index contributed by atoms with van der Waals surface area (Å²) in [5.41, 5.74) is 0.623. The Hall–Kier alpha value is -1.83. The minimum absolute atomic E-state index is 0.0922. The summed E-state index contributed by atoms with van der Waals surface area (Å²) in [6.07, 6.45) is 1.34. The zero-order valence-corrected chi connectivity index (χ0v) is 9.23. The molecule has 0 atom stereocenters. The highest BCUT2D eigenvalue weighted by Gasteiger charge is 2.11. The fourth-order valence-corrected chi connectivity index (χ4v) is 1.92. The molecule has 2 heteroatoms. The highest BCUT2D eigenvalue weighted by molar-refractivity contribution is 6.10. The summed E-state index contributed by atoms with van der Waals surface area (Å²) >= 11 is 0. The van der Waals surface area contributed by atoms with Gasteiger partial charge in [-0.3, -0.25) is 4.79 Å². The van der Waals surface area contributed by atoms with Crippen LogP contribution in [0.5, 0.6) is 5.75 Å². The van der Waals surface area contributed by atoms with E-state index in [2.05, 4.69) is 0 Å². The second-order valence-corrected chi connectivity index (χ2v) is 3.85. The summed E-state index contributed by atoms with van der Waals surface area (Å²) in [5, 5.41) is 11.4. The van der Waals surface area contributed by atoms with E-state index in [-0.39, 0.29) is 11.5 Å². The Morgan fingerprint density at radius 1 is 1.19 bits per heavy atom. The van der Waals surface area contributed by atoms with Gasteiger partial charge in [0, 0.05) is 17.4 Å². The van der Waals surface area contributed by atoms with E-state index in [0.29, 0.717) is 17.4 Å². The van der Waals surface area contributed by atoms with Crippen LogP contribution in [0.15, 0.2) is 36.4 Å². The van der Waals surface area contributed by atoms with Crippen molar-refractivity contribution in [2.24, 2.45) is 0 Å². The Morgan fingerprint density at radius 3 is 2.56 bits per heavy atom. The number of ketones is 1. The Kier molecular flexibility index (Phi) is 2.91. The van der Waals surface area contributed by atoms with Gasteiger partial charge < -0.3 is 5.11 Å². The molecule has 0 saturated carbocycles. The van der Waals surface area contributed by atoms with E-state index in [1.807, 2.05) is 25.1 Å². The van der Waals surface area contributed by atoms with Gasteiger partial charge in [-0.05, 0) is 17.9 Å². The molecular weight excluding hydrogens is 200 g/mol. The molecule has 0 aromatic heterocycles. The minimum Gasteiger partial charge on any atom is -0.507 e. The number of hydrogen-bond donors (Lipinski definition) is 1. The van der Waals surface area contributed by atoms with Gasteiger partial charge in [0.15, 0.2) is 5.78 Å². The highest BCUT2D eigenvalue weighted by atomic mass is 16.3. The molecule has 2 aromatic carbocycles. The molecule has 0 bridgehead atoms. The summed E-state index contributed by atoms with van der Waals surface area (Å²) in [6, 6.07) is 10.8. The fourth-order valence-electron chi connectivity index (χ4n) is 1.92. The van der Waals surface area contributed by atoms with Crippen LogP contribution in [0.1, 0.15) is 30.1 Å². The van der Waals surface area contributed by atoms with Crippen molar-refractivity contribution in [2.45, 2.75) is 19.8 Å². The minimum atomic E-state index is 0.0922. The number of Topliss-reactive ketones (excluding diaryl/α,β-unsaturated/α-hetero) is 1. The van der Waals surface area contributed by atoms with Crippen molar-refractivity contribution in [3.05, 3.63) is 42.0 Å². The van der Waals surface area contributed by atoms with Crippen LogP contribution in [0.4, 0.5) is 0 Å². The smallest absolute Gasteiger partial charge is 0.163 e. The molecule has 0 heterocycles. The predicted molar refractivity (Wildman–Crippen MR) is 64.9 cm³/mol. The molecule has 0 unspecified atom stereocenters. The zero-order chi connectivity index (χ0) is 11.5. The first kappa shape index (κ1) is 10.7. The van der Waals surface area contributed by atoms with Gasteiger partial charge in [-0.25, -0.2) is 0 Å². The normalized spacial score (nSPS) is 10.6. The van der Waals surface area contributed by atoms with Crippen LogP contribution in [0.2, 0.25) is 0 Å². The Balaban J connectivity index is 2.65. The van der Waals surface area contributed by atoms with Crippen molar-refractivity contribution < 1.29 is 9.90 Å². The molecular formula is C14H14O2. The predicted octanol–water partition coefficient (Wildman–Crippen LogP) is 3.53. The molecule has 0 fully saturated rings. The number of phenolic OH excluding ortho intramolecular Hbond substituents is 1. The summed E-state index contributed by atoms with van der Waals surface area (Å²) in [7, 11) is 0. The number of rotatable bonds is 3. The first-order chi connectivity index (χ1) is 7.74. The van der Waals surface area contributed by atoms with E-state index in [1.54, 1.807) is 18.2 Å². The topological polar surface area (TPSA) is 37.3 Å². The second kappa shape index (κ2) is 4.35. The Bertz CT molecular complexity index is 524. The zero-order valence-electron chi connectivity index (χ0n) is 9.23. The first-order valence-electron chi connectivity index (χ1n) is 5.48. The van der Waals surface area contributed by atoms with Gasteiger partial charge in [0.25, 0.3) is 0 Å². The van der Waals surface area contributed by atoms with Gasteiger partial charge in [-0.2, -0.15) is 0 Å². The number of benzene rings is 2. The summed E-state index contributed by atoms with van der Waals surface area (Å²) in [4.78, 5) is 11.9. The number of phenols is 1. The third kappa shape index (κ3) is 1.78. The lowest BCUT2D eigenvalue weighted by Gasteiger charge is -2.06. The van der Waals surface area contributed by atoms with Gasteiger partial charge in [0.05, 0.1) is 0 Å². The standard InChI is InChI=1S/C14H14O2/c1-2-5-12(15)11-8-3-6-10-7-4-9-13(16)14(10)11/h3-4,6-9,16H,2,5H2,1H3. The van der Waals surface area contributed by atoms with Crippen molar-refractivity contribution in [3.8, 4) is 5.75 Å². The van der Waals surface area contributed by atoms with Crippen molar-refractivity contribution in [2.75, 3.05) is 0 Å². The van der Waals surface area contributed by atoms with Gasteiger partial charge >= 0.3 is 0 Å². The van der Waals surface area contributed by atoms with Crippen LogP contribution in [-0.4, -0.2) is 10.9 Å². The average Bonchev–Trinajstić information content (AvgIpc) is 2.29. The number of carbonyl (C=O) groups excluding carboxylic acids is 1. The molecule has 0 aliphatic rings. The monoisotopic (exact) mass is 214 g/mol. The van der Waals surface area contributed by atoms with E-state index >= 15 is 0 Å². The van der Waals surface area contributed by atoms with Crippen molar-refractivity contribution in [1.82, 2.24) is 0 Å². The van der Waals surface area contributed by atoms with Crippen molar-refractivity contribution >= 4 is 16.6 Å². The molecule has 0 spiro atoms. The lowest BCUT2D eigenvalue weighted by molar-refractivity contribution is 0.0983. The van der Waals surface area contributed by atoms with E-state index < -0.39 is 0 Å². The quantitative estimate of drug-likeness (QED) is 0.793. The van der Waals surface area contributed by atoms with E-state index in [9.17, 15) is 9.90 Å². The maximum absolute atomic E-state index is 11.9. The SMILES string of the molecule is CCCC(=O)c1cccc2cccc(O)c12. The molecule has 16 heavy (non-hydrogen) atoms. The molecule has 0 radical (unpaired) electrons. The molecule has 2 nitrogen and oxygen atoms in total. The van der Waals surface area contributed by atoms with Crippen molar-refractivity contribution in [1.29, 1.82) is 0 Å². The molecule has 2 rings (SSSR count). The molecule has 0 saturated heterocycles. The van der Waals surface area contributed by atoms with Gasteiger partial charge in [-0.15, -0.1) is 0 Å². The van der Waals surface area contributed by atoms with Crippen LogP contribution in [0.25, 0.3) is 10.8 Å². The summed E-state index contributed by atoms with van der Waals surface area (Å²) in [6.45, 7) is 1.98. The second-order valence-electron chi connectivity index (χ2n) is 3.85. The number of hydrogen-bond acceptors (Lipinski definition) is 2. The van der Waals surface area contributed by atoms with Gasteiger partial charge in [-0.1, -0.05) is 37.3 Å².